The second-order valence-electron chi connectivity index (χ2n) is 3.47. The summed E-state index contributed by atoms with van der Waals surface area (Å²) in [6, 6.07) is -1.27. The van der Waals surface area contributed by atoms with Crippen LogP contribution in [0.1, 0.15) is 0 Å². The van der Waals surface area contributed by atoms with E-state index in [2.05, 4.69) is 4.43 Å². The van der Waals surface area contributed by atoms with Crippen LogP contribution in [0.3, 0.4) is 0 Å². The Morgan fingerprint density at radius 3 is 2.00 bits per heavy atom. The summed E-state index contributed by atoms with van der Waals surface area (Å²) >= 11 is 0. The maximum absolute atomic E-state index is 13.2. The van der Waals surface area contributed by atoms with E-state index in [0.717, 1.165) is 0 Å². The summed E-state index contributed by atoms with van der Waals surface area (Å²) in [6.45, 7) is -0.426. The second kappa shape index (κ2) is 6.63. The van der Waals surface area contributed by atoms with Gasteiger partial charge in [0.2, 0.25) is 5.82 Å². The SMILES string of the molecule is O=C(NCC(O)O[SiH3])Nc1c(F)c(F)c(F)c(F)c1F. The fraction of sp³-hybridized carbons (Fsp3) is 0.222. The van der Waals surface area contributed by atoms with E-state index >= 15 is 0 Å². The fourth-order valence-electron chi connectivity index (χ4n) is 1.14. The van der Waals surface area contributed by atoms with Gasteiger partial charge in [-0.05, 0) is 0 Å². The van der Waals surface area contributed by atoms with Crippen LogP contribution in [0.5, 0.6) is 0 Å². The Labute approximate surface area is 112 Å². The standard InChI is InChI=1S/C9H9F5N2O3Si/c10-3-4(11)6(13)8(7(14)5(3)12)16-9(18)15-1-2(17)19-20/h2,17H,1H2,20H3,(H2,15,16,18). The summed E-state index contributed by atoms with van der Waals surface area (Å²) in [6.07, 6.45) is -1.33. The number of carbonyl (C=O) groups is 1. The first-order chi connectivity index (χ1) is 9.29. The molecule has 0 aliphatic heterocycles. The van der Waals surface area contributed by atoms with Crippen molar-refractivity contribution in [1.29, 1.82) is 0 Å². The molecule has 0 aliphatic rings. The van der Waals surface area contributed by atoms with Gasteiger partial charge in [-0.25, -0.2) is 26.7 Å². The molecule has 5 nitrogen and oxygen atoms in total. The van der Waals surface area contributed by atoms with Gasteiger partial charge in [-0.15, -0.1) is 0 Å². The number of nitrogens with one attached hydrogen (secondary N) is 2. The molecule has 3 N–H and O–H groups in total. The lowest BCUT2D eigenvalue weighted by molar-refractivity contribution is -0.00683. The highest BCUT2D eigenvalue weighted by Gasteiger charge is 2.26. The van der Waals surface area contributed by atoms with E-state index in [4.69, 9.17) is 5.11 Å². The van der Waals surface area contributed by atoms with Gasteiger partial charge in [-0.3, -0.25) is 0 Å². The molecule has 112 valence electrons. The molecule has 1 atom stereocenters. The van der Waals surface area contributed by atoms with Crippen molar-refractivity contribution in [1.82, 2.24) is 5.32 Å². The molecule has 1 rings (SSSR count). The number of anilines is 1. The summed E-state index contributed by atoms with van der Waals surface area (Å²) < 4.78 is 69.3. The Bertz CT molecular complexity index is 502. The number of hydrogen-bond donors (Lipinski definition) is 3. The quantitative estimate of drug-likeness (QED) is 0.243. The van der Waals surface area contributed by atoms with Crippen molar-refractivity contribution in [3.8, 4) is 0 Å². The van der Waals surface area contributed by atoms with Crippen molar-refractivity contribution in [2.45, 2.75) is 6.29 Å². The summed E-state index contributed by atoms with van der Waals surface area (Å²) in [4.78, 5) is 11.2. The first kappa shape index (κ1) is 16.3. The number of hydrogen-bond acceptors (Lipinski definition) is 3. The zero-order chi connectivity index (χ0) is 15.4. The number of amides is 2. The van der Waals surface area contributed by atoms with Gasteiger partial charge in [0.05, 0.1) is 6.54 Å². The predicted molar refractivity (Wildman–Crippen MR) is 60.3 cm³/mol. The molecule has 0 fully saturated rings. The topological polar surface area (TPSA) is 70.6 Å². The molecule has 11 heteroatoms. The third kappa shape index (κ3) is 3.43. The molecule has 1 aromatic rings. The molecule has 0 bridgehead atoms. The Morgan fingerprint density at radius 1 is 1.10 bits per heavy atom. The minimum atomic E-state index is -2.33. The lowest BCUT2D eigenvalue weighted by atomic mass is 10.2. The van der Waals surface area contributed by atoms with E-state index in [1.807, 2.05) is 5.32 Å². The predicted octanol–water partition coefficient (Wildman–Crippen LogP) is 0.119. The molecule has 1 aromatic carbocycles. The third-order valence-electron chi connectivity index (χ3n) is 2.16. The van der Waals surface area contributed by atoms with E-state index in [1.54, 1.807) is 0 Å². The number of aliphatic hydroxyl groups is 1. The van der Waals surface area contributed by atoms with Crippen LogP contribution in [0.4, 0.5) is 32.4 Å². The highest BCUT2D eigenvalue weighted by molar-refractivity contribution is 5.98. The van der Waals surface area contributed by atoms with Crippen LogP contribution < -0.4 is 10.6 Å². The molecule has 0 spiro atoms. The molecule has 0 heterocycles. The zero-order valence-electron chi connectivity index (χ0n) is 9.94. The van der Waals surface area contributed by atoms with Gasteiger partial charge in [-0.2, -0.15) is 0 Å². The molecule has 2 amide bonds. The largest absolute Gasteiger partial charge is 0.403 e. The van der Waals surface area contributed by atoms with E-state index in [-0.39, 0.29) is 10.5 Å². The molecular weight excluding hydrogens is 307 g/mol. The molecule has 0 saturated heterocycles. The molecule has 0 radical (unpaired) electrons. The minimum absolute atomic E-state index is 0.171. The summed E-state index contributed by atoms with van der Waals surface area (Å²) in [7, 11) is 0.171. The minimum Gasteiger partial charge on any atom is -0.403 e. The fourth-order valence-corrected chi connectivity index (χ4v) is 1.30. The van der Waals surface area contributed by atoms with Crippen LogP contribution in [0.15, 0.2) is 0 Å². The van der Waals surface area contributed by atoms with Gasteiger partial charge in [0.15, 0.2) is 29.6 Å². The molecule has 0 saturated carbocycles. The first-order valence-electron chi connectivity index (χ1n) is 5.06. The monoisotopic (exact) mass is 316 g/mol. The van der Waals surface area contributed by atoms with Gasteiger partial charge in [0.25, 0.3) is 0 Å². The lowest BCUT2D eigenvalue weighted by Gasteiger charge is -2.13. The van der Waals surface area contributed by atoms with E-state index in [0.29, 0.717) is 0 Å². The van der Waals surface area contributed by atoms with Gasteiger partial charge >= 0.3 is 6.03 Å². The van der Waals surface area contributed by atoms with E-state index in [9.17, 15) is 26.7 Å². The number of aliphatic hydroxyl groups excluding tert-OH is 1. The van der Waals surface area contributed by atoms with Crippen LogP contribution in [-0.2, 0) is 4.43 Å². The lowest BCUT2D eigenvalue weighted by Crippen LogP contribution is -2.36. The highest BCUT2D eigenvalue weighted by Crippen LogP contribution is 2.26. The van der Waals surface area contributed by atoms with Gasteiger partial charge in [0.1, 0.15) is 16.2 Å². The van der Waals surface area contributed by atoms with Crippen LogP contribution in [-0.4, -0.2) is 34.5 Å². The Hall–Kier alpha value is -1.72. The maximum Gasteiger partial charge on any atom is 0.319 e. The molecule has 20 heavy (non-hydrogen) atoms. The van der Waals surface area contributed by atoms with E-state index < -0.39 is 53.6 Å². The molecule has 0 aromatic heterocycles. The van der Waals surface area contributed by atoms with Crippen LogP contribution in [0.2, 0.25) is 0 Å². The summed E-state index contributed by atoms with van der Waals surface area (Å²) in [5, 5.41) is 12.3. The van der Waals surface area contributed by atoms with Crippen molar-refractivity contribution in [3.63, 3.8) is 0 Å². The van der Waals surface area contributed by atoms with Crippen molar-refractivity contribution in [3.05, 3.63) is 29.1 Å². The van der Waals surface area contributed by atoms with Gasteiger partial charge in [-0.1, -0.05) is 0 Å². The number of benzene rings is 1. The highest BCUT2D eigenvalue weighted by atomic mass is 28.2. The van der Waals surface area contributed by atoms with E-state index in [1.165, 1.54) is 5.32 Å². The van der Waals surface area contributed by atoms with Crippen LogP contribution in [0.25, 0.3) is 0 Å². The number of halogens is 5. The van der Waals surface area contributed by atoms with Crippen molar-refractivity contribution >= 4 is 22.2 Å². The zero-order valence-corrected chi connectivity index (χ0v) is 11.9. The average Bonchev–Trinajstić information content (AvgIpc) is 2.44. The normalized spacial score (nSPS) is 12.3. The summed E-state index contributed by atoms with van der Waals surface area (Å²) in [5.41, 5.74) is -1.49. The molecule has 1 unspecified atom stereocenters. The summed E-state index contributed by atoms with van der Waals surface area (Å²) in [5.74, 6) is -11.0. The number of carbonyl (C=O) groups excluding carboxylic acids is 1. The number of rotatable bonds is 4. The van der Waals surface area contributed by atoms with Gasteiger partial charge < -0.3 is 20.2 Å². The van der Waals surface area contributed by atoms with Gasteiger partial charge in [0, 0.05) is 0 Å². The molecule has 0 aliphatic carbocycles. The van der Waals surface area contributed by atoms with Crippen molar-refractivity contribution < 1.29 is 36.3 Å². The third-order valence-corrected chi connectivity index (χ3v) is 2.70. The maximum atomic E-state index is 13.2. The Kier molecular flexibility index (Phi) is 5.41. The average molecular weight is 316 g/mol. The Balaban J connectivity index is 2.91. The molecular formula is C9H9F5N2O3Si. The van der Waals surface area contributed by atoms with Crippen molar-refractivity contribution in [2.24, 2.45) is 0 Å². The smallest absolute Gasteiger partial charge is 0.319 e. The second-order valence-corrected chi connectivity index (χ2v) is 3.94. The van der Waals surface area contributed by atoms with Crippen LogP contribution >= 0.6 is 0 Å². The van der Waals surface area contributed by atoms with Crippen LogP contribution in [0, 0.1) is 29.1 Å². The Morgan fingerprint density at radius 2 is 1.55 bits per heavy atom. The first-order valence-corrected chi connectivity index (χ1v) is 5.88. The van der Waals surface area contributed by atoms with Crippen molar-refractivity contribution in [2.75, 3.05) is 11.9 Å². The number of urea groups is 1.